The molecule has 8 N–H and O–H groups in total. The summed E-state index contributed by atoms with van der Waals surface area (Å²) in [6.45, 7) is 0. The number of hydrazone groups is 1. The monoisotopic (exact) mass is 869 g/mol. The van der Waals surface area contributed by atoms with Gasteiger partial charge >= 0.3 is 5.69 Å². The zero-order chi connectivity index (χ0) is 42.8. The van der Waals surface area contributed by atoms with Crippen LogP contribution in [-0.2, 0) is 56.0 Å². The average molecular weight is 870 g/mol. The lowest BCUT2D eigenvalue weighted by Crippen LogP contribution is -2.07. The van der Waals surface area contributed by atoms with Gasteiger partial charge < -0.3 is 20.4 Å². The molecule has 0 spiro atoms. The fraction of sp³-hybridized carbons (Fsp3) is 0.114. The quantitative estimate of drug-likeness (QED) is 0.0488. The molecule has 0 radical (unpaired) electrons. The fourth-order valence-corrected chi connectivity index (χ4v) is 8.41. The van der Waals surface area contributed by atoms with Crippen LogP contribution in [0.5, 0.6) is 23.0 Å². The number of hydrogen-bond acceptors (Lipinski definition) is 17. The maximum atomic E-state index is 12.5. The highest BCUT2D eigenvalue weighted by Crippen LogP contribution is 2.40. The van der Waals surface area contributed by atoms with E-state index in [-0.39, 0.29) is 66.8 Å². The number of anilines is 1. The lowest BCUT2D eigenvalue weighted by molar-refractivity contribution is -0.383. The van der Waals surface area contributed by atoms with E-state index in [0.717, 1.165) is 42.5 Å². The van der Waals surface area contributed by atoms with Gasteiger partial charge in [0, 0.05) is 65.1 Å². The highest BCUT2D eigenvalue weighted by Gasteiger charge is 2.26. The van der Waals surface area contributed by atoms with E-state index in [1.165, 1.54) is 24.4 Å². The summed E-state index contributed by atoms with van der Waals surface area (Å²) in [6.07, 6.45) is -1.05. The predicted octanol–water partition coefficient (Wildman–Crippen LogP) is 3.82. The Balaban J connectivity index is 1.45. The number of phenolic OH excluding ortho intramolecular Hbond substituents is 4. The first-order valence-electron chi connectivity index (χ1n) is 16.6. The largest absolute Gasteiger partial charge is 0.507 e. The summed E-state index contributed by atoms with van der Waals surface area (Å²) in [4.78, 5) is 8.47. The molecule has 59 heavy (non-hydrogen) atoms. The minimum Gasteiger partial charge on any atom is -0.507 e. The SMILES string of the molecule is O=[N+]([O-])c1ccc(N/N=C/c2cc3c(O)c(c2)Cc2cc(S(=O)(=O)O)cc(c2O)Cc2cc(S(=O)(=O)O)cc(c2O)Cc2cc(S(=O)(=O)O)cc(c2O)C3)c2nonc12. The third-order valence-corrected chi connectivity index (χ3v) is 11.9. The van der Waals surface area contributed by atoms with Crippen LogP contribution in [0.15, 0.2) is 85.1 Å². The van der Waals surface area contributed by atoms with Gasteiger partial charge in [-0.2, -0.15) is 30.4 Å². The molecule has 1 heterocycles. The molecule has 0 aliphatic heterocycles. The van der Waals surface area contributed by atoms with Crippen molar-refractivity contribution in [3.63, 3.8) is 0 Å². The Hall–Kier alpha value is -6.70. The number of non-ortho nitro benzene ring substituents is 1. The lowest BCUT2D eigenvalue weighted by Gasteiger charge is -2.19. The molecular weight excluding hydrogens is 843 g/mol. The van der Waals surface area contributed by atoms with Gasteiger partial charge in [-0.25, -0.2) is 4.63 Å². The van der Waals surface area contributed by atoms with Crippen LogP contribution >= 0.6 is 0 Å². The second-order valence-electron chi connectivity index (χ2n) is 13.3. The van der Waals surface area contributed by atoms with Gasteiger partial charge in [0.1, 0.15) is 23.0 Å². The Bertz CT molecular complexity index is 3010. The Morgan fingerprint density at radius 2 is 0.932 bits per heavy atom. The standard InChI is InChI=1S/C35H27N5O16S3/c41-32-17-3-16(15-36-37-28-1-2-29(40(45)46)31-30(28)38-56-39-31)4-18(32)6-20-10-26(58(50,51)52)12-22(34(20)43)8-24-14-27(59(53,54)55)13-23(35(24)44)7-21-11-25(57(47,48)49)9-19(5-17)33(21)42/h1-4,9-15,37,41-44H,5-8H2,(H,47,48,49)(H,50,51,52)(H,53,54,55)/b36-15+. The molecule has 0 amide bonds. The summed E-state index contributed by atoms with van der Waals surface area (Å²) in [5.41, 5.74) is 0.651. The number of nitro benzene ring substituents is 1. The Morgan fingerprint density at radius 1 is 0.593 bits per heavy atom. The van der Waals surface area contributed by atoms with Crippen LogP contribution in [0.1, 0.15) is 50.1 Å². The third kappa shape index (κ3) is 8.07. The maximum Gasteiger partial charge on any atom is 0.300 e. The number of benzene rings is 5. The van der Waals surface area contributed by atoms with Crippen LogP contribution in [0.3, 0.4) is 0 Å². The Labute approximate surface area is 331 Å². The molecule has 21 nitrogen and oxygen atoms in total. The molecule has 1 aliphatic carbocycles. The second kappa shape index (κ2) is 14.6. The molecule has 0 saturated heterocycles. The number of aromatic hydroxyl groups is 4. The molecule has 24 heteroatoms. The number of fused-ring (bicyclic) bond motifs is 9. The van der Waals surface area contributed by atoms with Crippen LogP contribution in [0, 0.1) is 10.1 Å². The lowest BCUT2D eigenvalue weighted by atomic mass is 9.90. The van der Waals surface area contributed by atoms with Gasteiger partial charge in [-0.1, -0.05) is 0 Å². The van der Waals surface area contributed by atoms with Crippen LogP contribution in [-0.4, -0.2) is 80.8 Å². The molecule has 0 fully saturated rings. The number of nitrogens with zero attached hydrogens (tertiary/aromatic N) is 4. The van der Waals surface area contributed by atoms with Gasteiger partial charge in [0.05, 0.1) is 31.5 Å². The molecule has 7 rings (SSSR count). The van der Waals surface area contributed by atoms with Crippen molar-refractivity contribution in [1.82, 2.24) is 10.3 Å². The number of hydrogen-bond donors (Lipinski definition) is 8. The minimum absolute atomic E-state index is 0.0349. The summed E-state index contributed by atoms with van der Waals surface area (Å²) in [7, 11) is -15.0. The molecule has 1 aromatic heterocycles. The highest BCUT2D eigenvalue weighted by molar-refractivity contribution is 7.86. The third-order valence-electron chi connectivity index (χ3n) is 9.42. The Kier molecular flexibility index (Phi) is 10.0. The Morgan fingerprint density at radius 3 is 1.27 bits per heavy atom. The molecule has 6 aromatic rings. The molecule has 0 saturated carbocycles. The molecule has 306 valence electrons. The van der Waals surface area contributed by atoms with E-state index in [1.807, 2.05) is 0 Å². The first-order valence-corrected chi connectivity index (χ1v) is 20.9. The molecular formula is C35H27N5O16S3. The van der Waals surface area contributed by atoms with Gasteiger partial charge in [-0.15, -0.1) is 0 Å². The summed E-state index contributed by atoms with van der Waals surface area (Å²) in [5, 5.41) is 68.8. The molecule has 8 bridgehead atoms. The van der Waals surface area contributed by atoms with Gasteiger partial charge in [0.2, 0.25) is 5.52 Å². The highest BCUT2D eigenvalue weighted by atomic mass is 32.2. The number of nitro groups is 1. The molecule has 0 atom stereocenters. The van der Waals surface area contributed by atoms with Crippen molar-refractivity contribution in [3.8, 4) is 23.0 Å². The summed E-state index contributed by atoms with van der Waals surface area (Å²) < 4.78 is 109. The van der Waals surface area contributed by atoms with E-state index in [2.05, 4.69) is 25.5 Å². The number of nitrogens with one attached hydrogen (secondary N) is 1. The molecule has 0 unspecified atom stereocenters. The van der Waals surface area contributed by atoms with E-state index >= 15 is 0 Å². The van der Waals surface area contributed by atoms with Gasteiger partial charge in [0.25, 0.3) is 30.4 Å². The van der Waals surface area contributed by atoms with Crippen LogP contribution in [0.2, 0.25) is 0 Å². The van der Waals surface area contributed by atoms with Crippen molar-refractivity contribution >= 4 is 59.0 Å². The zero-order valence-corrected chi connectivity index (χ0v) is 31.9. The van der Waals surface area contributed by atoms with E-state index in [9.17, 15) is 69.5 Å². The van der Waals surface area contributed by atoms with Crippen molar-refractivity contribution in [2.45, 2.75) is 40.4 Å². The van der Waals surface area contributed by atoms with Crippen molar-refractivity contribution in [1.29, 1.82) is 0 Å². The van der Waals surface area contributed by atoms with E-state index < -0.39 is 104 Å². The topological polar surface area (TPSA) is 350 Å². The van der Waals surface area contributed by atoms with Crippen LogP contribution < -0.4 is 5.43 Å². The van der Waals surface area contributed by atoms with Gasteiger partial charge in [0.15, 0.2) is 5.52 Å². The number of rotatable bonds is 7. The average Bonchev–Trinajstić information content (AvgIpc) is 3.63. The summed E-state index contributed by atoms with van der Waals surface area (Å²) >= 11 is 0. The molecule has 1 aliphatic rings. The summed E-state index contributed by atoms with van der Waals surface area (Å²) in [5.74, 6) is -2.37. The van der Waals surface area contributed by atoms with E-state index in [0.29, 0.717) is 0 Å². The molecule has 5 aromatic carbocycles. The van der Waals surface area contributed by atoms with Crippen LogP contribution in [0.25, 0.3) is 11.0 Å². The zero-order valence-electron chi connectivity index (χ0n) is 29.5. The van der Waals surface area contributed by atoms with Crippen molar-refractivity contribution in [3.05, 3.63) is 121 Å². The van der Waals surface area contributed by atoms with Crippen molar-refractivity contribution < 1.29 is 68.9 Å². The van der Waals surface area contributed by atoms with Gasteiger partial charge in [-0.3, -0.25) is 29.2 Å². The first-order chi connectivity index (χ1) is 27.6. The smallest absolute Gasteiger partial charge is 0.300 e. The van der Waals surface area contributed by atoms with Gasteiger partial charge in [-0.05, 0) is 81.6 Å². The normalized spacial score (nSPS) is 13.5. The fourth-order valence-electron chi connectivity index (χ4n) is 6.66. The second-order valence-corrected chi connectivity index (χ2v) is 17.6. The van der Waals surface area contributed by atoms with E-state index in [1.54, 1.807) is 0 Å². The van der Waals surface area contributed by atoms with Crippen LogP contribution in [0.4, 0.5) is 11.4 Å². The maximum absolute atomic E-state index is 12.5. The van der Waals surface area contributed by atoms with Crippen molar-refractivity contribution in [2.75, 3.05) is 5.43 Å². The van der Waals surface area contributed by atoms with E-state index in [4.69, 9.17) is 0 Å². The summed E-state index contributed by atoms with van der Waals surface area (Å²) in [6, 6.07) is 10.3. The predicted molar refractivity (Wildman–Crippen MR) is 203 cm³/mol. The minimum atomic E-state index is -5.01. The first kappa shape index (κ1) is 40.5. The van der Waals surface area contributed by atoms with Crippen molar-refractivity contribution in [2.24, 2.45) is 5.10 Å². The number of phenols is 4. The number of aromatic nitrogens is 2.